The Morgan fingerprint density at radius 2 is 2.18 bits per heavy atom. The number of rotatable bonds is 5. The lowest BCUT2D eigenvalue weighted by molar-refractivity contribution is -0.127. The van der Waals surface area contributed by atoms with E-state index in [9.17, 15) is 10.1 Å². The Morgan fingerprint density at radius 1 is 1.32 bits per heavy atom. The van der Waals surface area contributed by atoms with Crippen molar-refractivity contribution in [2.45, 2.75) is 38.8 Å². The third kappa shape index (κ3) is 3.58. The third-order valence-corrected chi connectivity index (χ3v) is 6.19. The van der Waals surface area contributed by atoms with E-state index in [4.69, 9.17) is 5.73 Å². The van der Waals surface area contributed by atoms with Crippen molar-refractivity contribution in [3.63, 3.8) is 0 Å². The molecule has 1 aliphatic carbocycles. The molecule has 2 aromatic rings. The number of hydrogen-bond donors (Lipinski definition) is 1. The quantitative estimate of drug-likeness (QED) is 0.852. The van der Waals surface area contributed by atoms with Gasteiger partial charge in [-0.3, -0.25) is 9.69 Å². The molecule has 1 aromatic carbocycles. The van der Waals surface area contributed by atoms with Gasteiger partial charge in [-0.1, -0.05) is 18.6 Å². The van der Waals surface area contributed by atoms with Crippen LogP contribution in [-0.4, -0.2) is 44.6 Å². The van der Waals surface area contributed by atoms with E-state index in [1.165, 1.54) is 11.9 Å². The molecule has 7 heteroatoms. The highest BCUT2D eigenvalue weighted by atomic mass is 16.1. The van der Waals surface area contributed by atoms with E-state index >= 15 is 0 Å². The van der Waals surface area contributed by atoms with Crippen molar-refractivity contribution in [2.75, 3.05) is 13.1 Å². The number of nitriles is 1. The van der Waals surface area contributed by atoms with E-state index in [1.807, 2.05) is 6.07 Å². The Morgan fingerprint density at radius 3 is 2.89 bits per heavy atom. The predicted molar refractivity (Wildman–Crippen MR) is 104 cm³/mol. The van der Waals surface area contributed by atoms with Crippen LogP contribution in [0.5, 0.6) is 0 Å². The van der Waals surface area contributed by atoms with Crippen LogP contribution in [0.2, 0.25) is 0 Å². The van der Waals surface area contributed by atoms with Crippen molar-refractivity contribution < 1.29 is 4.79 Å². The normalized spacial score (nSPS) is 27.8. The maximum atomic E-state index is 13.0. The number of nitrogens with two attached hydrogens (primary N) is 1. The van der Waals surface area contributed by atoms with Gasteiger partial charge >= 0.3 is 0 Å². The van der Waals surface area contributed by atoms with Crippen molar-refractivity contribution in [3.8, 4) is 11.8 Å². The molecule has 28 heavy (non-hydrogen) atoms. The van der Waals surface area contributed by atoms with Crippen molar-refractivity contribution >= 4 is 5.78 Å². The molecular formula is C21H26N6O. The summed E-state index contributed by atoms with van der Waals surface area (Å²) >= 11 is 0. The van der Waals surface area contributed by atoms with E-state index in [0.717, 1.165) is 37.1 Å². The molecule has 2 fully saturated rings. The number of nitrogens with zero attached hydrogens (tertiary/aromatic N) is 5. The maximum Gasteiger partial charge on any atom is 0.143 e. The van der Waals surface area contributed by atoms with Gasteiger partial charge in [0.1, 0.15) is 18.4 Å². The van der Waals surface area contributed by atoms with Crippen LogP contribution >= 0.6 is 0 Å². The van der Waals surface area contributed by atoms with Gasteiger partial charge in [0.15, 0.2) is 0 Å². The summed E-state index contributed by atoms with van der Waals surface area (Å²) in [5.74, 6) is -0.197. The second-order valence-electron chi connectivity index (χ2n) is 8.10. The van der Waals surface area contributed by atoms with E-state index in [1.54, 1.807) is 11.0 Å². The number of aryl methyl sites for hydroxylation is 1. The predicted octanol–water partition coefficient (Wildman–Crippen LogP) is 1.84. The van der Waals surface area contributed by atoms with Crippen LogP contribution in [0.25, 0.3) is 5.69 Å². The highest BCUT2D eigenvalue weighted by molar-refractivity contribution is 5.85. The molecule has 2 aliphatic rings. The highest BCUT2D eigenvalue weighted by Crippen LogP contribution is 2.35. The van der Waals surface area contributed by atoms with Crippen molar-refractivity contribution in [1.82, 2.24) is 19.7 Å². The van der Waals surface area contributed by atoms with Gasteiger partial charge in [0.2, 0.25) is 0 Å². The van der Waals surface area contributed by atoms with Gasteiger partial charge in [0.25, 0.3) is 0 Å². The molecule has 4 atom stereocenters. The summed E-state index contributed by atoms with van der Waals surface area (Å²) in [6.45, 7) is 4.22. The Bertz CT molecular complexity index is 887. The van der Waals surface area contributed by atoms with Crippen LogP contribution in [0.4, 0.5) is 0 Å². The lowest BCUT2D eigenvalue weighted by Gasteiger charge is -2.20. The molecule has 1 saturated heterocycles. The summed E-state index contributed by atoms with van der Waals surface area (Å²) in [6.07, 6.45) is 5.86. The van der Waals surface area contributed by atoms with Gasteiger partial charge in [0.05, 0.1) is 17.7 Å². The summed E-state index contributed by atoms with van der Waals surface area (Å²) in [4.78, 5) is 19.2. The molecule has 1 unspecified atom stereocenters. The third-order valence-electron chi connectivity index (χ3n) is 6.19. The van der Waals surface area contributed by atoms with Crippen molar-refractivity contribution in [3.05, 3.63) is 42.0 Å². The zero-order valence-electron chi connectivity index (χ0n) is 16.2. The molecular weight excluding hydrogens is 352 g/mol. The monoisotopic (exact) mass is 378 g/mol. The Balaban J connectivity index is 1.42. The summed E-state index contributed by atoms with van der Waals surface area (Å²) < 4.78 is 1.76. The van der Waals surface area contributed by atoms with Gasteiger partial charge in [-0.2, -0.15) is 10.4 Å². The number of benzene rings is 1. The van der Waals surface area contributed by atoms with Crippen molar-refractivity contribution in [1.29, 1.82) is 5.26 Å². The van der Waals surface area contributed by atoms with E-state index < -0.39 is 0 Å². The fourth-order valence-corrected chi connectivity index (χ4v) is 4.74. The highest BCUT2D eigenvalue weighted by Gasteiger charge is 2.42. The summed E-state index contributed by atoms with van der Waals surface area (Å²) in [5, 5.41) is 13.5. The fourth-order valence-electron chi connectivity index (χ4n) is 4.74. The first-order chi connectivity index (χ1) is 13.6. The average Bonchev–Trinajstić information content (AvgIpc) is 3.42. The average molecular weight is 378 g/mol. The van der Waals surface area contributed by atoms with Crippen LogP contribution in [0.1, 0.15) is 30.4 Å². The Hall–Kier alpha value is -2.56. The number of aromatic nitrogens is 3. The second kappa shape index (κ2) is 7.82. The summed E-state index contributed by atoms with van der Waals surface area (Å²) in [5.41, 5.74) is 9.66. The molecule has 0 spiro atoms. The van der Waals surface area contributed by atoms with Crippen LogP contribution in [0.15, 0.2) is 30.9 Å². The first-order valence-corrected chi connectivity index (χ1v) is 9.92. The summed E-state index contributed by atoms with van der Waals surface area (Å²) in [7, 11) is 0. The smallest absolute Gasteiger partial charge is 0.143 e. The molecule has 0 bridgehead atoms. The van der Waals surface area contributed by atoms with Gasteiger partial charge < -0.3 is 5.73 Å². The number of carbonyl (C=O) groups is 1. The molecule has 146 valence electrons. The minimum absolute atomic E-state index is 0.120. The molecule has 1 saturated carbocycles. The molecule has 7 nitrogen and oxygen atoms in total. The number of likely N-dealkylation sites (tertiary alicyclic amines) is 1. The first-order valence-electron chi connectivity index (χ1n) is 9.92. The van der Waals surface area contributed by atoms with Crippen LogP contribution < -0.4 is 5.73 Å². The molecule has 0 radical (unpaired) electrons. The minimum Gasteiger partial charge on any atom is -0.326 e. The molecule has 4 rings (SSSR count). The zero-order chi connectivity index (χ0) is 19.7. The van der Waals surface area contributed by atoms with Crippen LogP contribution in [0.3, 0.4) is 0 Å². The number of hydrogen-bond acceptors (Lipinski definition) is 6. The van der Waals surface area contributed by atoms with Gasteiger partial charge in [0, 0.05) is 37.5 Å². The second-order valence-corrected chi connectivity index (χ2v) is 8.10. The molecule has 2 N–H and O–H groups in total. The lowest BCUT2D eigenvalue weighted by Crippen LogP contribution is -2.38. The van der Waals surface area contributed by atoms with Gasteiger partial charge in [-0.25, -0.2) is 9.67 Å². The number of Topliss-reactive ketones (excluding diaryl/α,β-unsaturated/α-hetero) is 1. The SMILES string of the molecule is Cc1cc(CN2C[C@H](N)[C@H](C(=O)C3CCC[C@H]3C#N)C2)ccc1-n1cncn1. The van der Waals surface area contributed by atoms with E-state index in [-0.39, 0.29) is 29.6 Å². The largest absolute Gasteiger partial charge is 0.326 e. The van der Waals surface area contributed by atoms with Crippen LogP contribution in [0, 0.1) is 36.0 Å². The van der Waals surface area contributed by atoms with E-state index in [0.29, 0.717) is 13.1 Å². The van der Waals surface area contributed by atoms with Gasteiger partial charge in [-0.15, -0.1) is 0 Å². The molecule has 1 aliphatic heterocycles. The van der Waals surface area contributed by atoms with Crippen LogP contribution in [-0.2, 0) is 11.3 Å². The fraction of sp³-hybridized carbons (Fsp3) is 0.524. The lowest BCUT2D eigenvalue weighted by atomic mass is 9.84. The summed E-state index contributed by atoms with van der Waals surface area (Å²) in [6, 6.07) is 8.46. The topological polar surface area (TPSA) is 101 Å². The minimum atomic E-state index is -0.158. The molecule has 0 amide bonds. The Kier molecular flexibility index (Phi) is 5.25. The standard InChI is InChI=1S/C21H26N6O/c1-14-7-15(5-6-20(14)27-13-24-12-25-27)9-26-10-18(19(23)11-26)21(28)17-4-2-3-16(17)8-22/h5-7,12-13,16-19H,2-4,9-11,23H2,1H3/t16-,17?,18+,19-/m0/s1. The number of carbonyl (C=O) groups excluding carboxylic acids is 1. The van der Waals surface area contributed by atoms with E-state index in [2.05, 4.69) is 40.1 Å². The maximum absolute atomic E-state index is 13.0. The molecule has 2 heterocycles. The first kappa shape index (κ1) is 18.8. The Labute approximate surface area is 165 Å². The van der Waals surface area contributed by atoms with Crippen molar-refractivity contribution in [2.24, 2.45) is 23.5 Å². The number of ketones is 1. The zero-order valence-corrected chi connectivity index (χ0v) is 16.2. The van der Waals surface area contributed by atoms with Gasteiger partial charge in [-0.05, 0) is 37.0 Å². The molecule has 1 aromatic heterocycles.